The molecule has 0 radical (unpaired) electrons. The number of hydrogen-bond acceptors (Lipinski definition) is 7. The van der Waals surface area contributed by atoms with Crippen molar-refractivity contribution in [1.29, 1.82) is 0 Å². The van der Waals surface area contributed by atoms with E-state index in [0.717, 1.165) is 11.3 Å². The summed E-state index contributed by atoms with van der Waals surface area (Å²) in [5.41, 5.74) is 1.40. The number of aliphatic hydroxyl groups excluding tert-OH is 1. The Bertz CT molecular complexity index is 959. The van der Waals surface area contributed by atoms with Crippen LogP contribution in [0.1, 0.15) is 12.5 Å². The molecule has 144 valence electrons. The molecule has 28 heavy (non-hydrogen) atoms. The van der Waals surface area contributed by atoms with Gasteiger partial charge < -0.3 is 19.7 Å². The lowest BCUT2D eigenvalue weighted by Crippen LogP contribution is -2.10. The SMILES string of the molecule is CCOc1ccc(N=C2SC(=Cc3ccc(O)cc3)C(O)=C2C(=O)OC)cc1. The Labute approximate surface area is 166 Å². The first kappa shape index (κ1) is 19.6. The average molecular weight is 397 g/mol. The van der Waals surface area contributed by atoms with Crippen molar-refractivity contribution < 1.29 is 24.5 Å². The maximum atomic E-state index is 12.2. The molecule has 1 heterocycles. The first-order chi connectivity index (χ1) is 13.5. The van der Waals surface area contributed by atoms with Crippen molar-refractivity contribution in [1.82, 2.24) is 0 Å². The van der Waals surface area contributed by atoms with Crippen LogP contribution in [0, 0.1) is 0 Å². The molecule has 0 bridgehead atoms. The van der Waals surface area contributed by atoms with E-state index in [1.54, 1.807) is 54.6 Å². The number of rotatable bonds is 5. The van der Waals surface area contributed by atoms with Gasteiger partial charge in [-0.25, -0.2) is 9.79 Å². The second kappa shape index (κ2) is 8.67. The van der Waals surface area contributed by atoms with Crippen molar-refractivity contribution in [3.8, 4) is 11.5 Å². The number of phenolic OH excluding ortho intramolecular Hbond substituents is 1. The molecule has 6 nitrogen and oxygen atoms in total. The van der Waals surface area contributed by atoms with Crippen molar-refractivity contribution in [2.75, 3.05) is 13.7 Å². The minimum atomic E-state index is -0.663. The van der Waals surface area contributed by atoms with Gasteiger partial charge >= 0.3 is 5.97 Å². The zero-order chi connectivity index (χ0) is 20.1. The van der Waals surface area contributed by atoms with Crippen LogP contribution < -0.4 is 4.74 Å². The van der Waals surface area contributed by atoms with Crippen LogP contribution in [-0.2, 0) is 9.53 Å². The average Bonchev–Trinajstić information content (AvgIpc) is 2.99. The highest BCUT2D eigenvalue weighted by atomic mass is 32.2. The Hall–Kier alpha value is -3.19. The van der Waals surface area contributed by atoms with Gasteiger partial charge in [0, 0.05) is 0 Å². The first-order valence-electron chi connectivity index (χ1n) is 8.54. The molecule has 0 aliphatic carbocycles. The lowest BCUT2D eigenvalue weighted by molar-refractivity contribution is -0.135. The van der Waals surface area contributed by atoms with Gasteiger partial charge in [0.05, 0.1) is 24.3 Å². The van der Waals surface area contributed by atoms with Gasteiger partial charge in [-0.15, -0.1) is 0 Å². The van der Waals surface area contributed by atoms with Gasteiger partial charge in [-0.3, -0.25) is 0 Å². The van der Waals surface area contributed by atoms with Crippen molar-refractivity contribution >= 4 is 34.5 Å². The van der Waals surface area contributed by atoms with Crippen LogP contribution in [0.4, 0.5) is 5.69 Å². The highest BCUT2D eigenvalue weighted by Gasteiger charge is 2.32. The molecule has 0 aromatic heterocycles. The number of carbonyl (C=O) groups excluding carboxylic acids is 1. The number of benzene rings is 2. The third kappa shape index (κ3) is 4.37. The Kier molecular flexibility index (Phi) is 6.06. The molecule has 2 N–H and O–H groups in total. The topological polar surface area (TPSA) is 88.4 Å². The van der Waals surface area contributed by atoms with E-state index in [1.807, 2.05) is 6.92 Å². The third-order valence-corrected chi connectivity index (χ3v) is 4.87. The fourth-order valence-corrected chi connectivity index (χ4v) is 3.55. The molecule has 0 saturated carbocycles. The van der Waals surface area contributed by atoms with Gasteiger partial charge in [-0.05, 0) is 55.0 Å². The molecule has 7 heteroatoms. The molecule has 3 rings (SSSR count). The summed E-state index contributed by atoms with van der Waals surface area (Å²) in [7, 11) is 1.25. The highest BCUT2D eigenvalue weighted by molar-refractivity contribution is 8.18. The van der Waals surface area contributed by atoms with Crippen LogP contribution in [0.5, 0.6) is 11.5 Å². The molecular weight excluding hydrogens is 378 g/mol. The number of carbonyl (C=O) groups is 1. The summed E-state index contributed by atoms with van der Waals surface area (Å²) in [6, 6.07) is 13.6. The van der Waals surface area contributed by atoms with Gasteiger partial charge in [0.25, 0.3) is 0 Å². The maximum absolute atomic E-state index is 12.2. The molecule has 0 spiro atoms. The molecule has 0 unspecified atom stereocenters. The van der Waals surface area contributed by atoms with Crippen LogP contribution in [0.3, 0.4) is 0 Å². The number of aliphatic hydroxyl groups is 1. The maximum Gasteiger partial charge on any atom is 0.344 e. The summed E-state index contributed by atoms with van der Waals surface area (Å²) in [6.45, 7) is 2.47. The molecule has 2 aromatic carbocycles. The molecule has 0 fully saturated rings. The summed E-state index contributed by atoms with van der Waals surface area (Å²) in [5, 5.41) is 20.3. The molecule has 0 saturated heterocycles. The molecule has 0 atom stereocenters. The summed E-state index contributed by atoms with van der Waals surface area (Å²) in [4.78, 5) is 17.2. The van der Waals surface area contributed by atoms with Crippen LogP contribution in [0.2, 0.25) is 0 Å². The van der Waals surface area contributed by atoms with Crippen LogP contribution in [-0.4, -0.2) is 34.9 Å². The Balaban J connectivity index is 1.96. The van der Waals surface area contributed by atoms with E-state index in [-0.39, 0.29) is 17.1 Å². The quantitative estimate of drug-likeness (QED) is 0.717. The lowest BCUT2D eigenvalue weighted by Gasteiger charge is -2.04. The molecular formula is C21H19NO5S. The first-order valence-corrected chi connectivity index (χ1v) is 9.36. The molecule has 1 aliphatic rings. The van der Waals surface area contributed by atoms with Gasteiger partial charge in [-0.1, -0.05) is 23.9 Å². The number of thioether (sulfide) groups is 1. The number of aliphatic imine (C=N–C) groups is 1. The predicted octanol–water partition coefficient (Wildman–Crippen LogP) is 4.59. The molecule has 1 aliphatic heterocycles. The van der Waals surface area contributed by atoms with Crippen LogP contribution in [0.15, 0.2) is 69.8 Å². The van der Waals surface area contributed by atoms with E-state index >= 15 is 0 Å². The number of aromatic hydroxyl groups is 1. The third-order valence-electron chi connectivity index (χ3n) is 3.85. The Morgan fingerprint density at radius 2 is 1.79 bits per heavy atom. The van der Waals surface area contributed by atoms with Crippen molar-refractivity contribution in [3.63, 3.8) is 0 Å². The second-order valence-electron chi connectivity index (χ2n) is 5.76. The van der Waals surface area contributed by atoms with E-state index in [1.165, 1.54) is 18.9 Å². The summed E-state index contributed by atoms with van der Waals surface area (Å²) in [6.07, 6.45) is 1.71. The van der Waals surface area contributed by atoms with E-state index in [9.17, 15) is 15.0 Å². The van der Waals surface area contributed by atoms with E-state index in [0.29, 0.717) is 22.2 Å². The van der Waals surface area contributed by atoms with Crippen LogP contribution in [0.25, 0.3) is 6.08 Å². The zero-order valence-corrected chi connectivity index (χ0v) is 16.2. The van der Waals surface area contributed by atoms with Gasteiger partial charge in [-0.2, -0.15) is 0 Å². The predicted molar refractivity (Wildman–Crippen MR) is 110 cm³/mol. The van der Waals surface area contributed by atoms with Crippen molar-refractivity contribution in [2.24, 2.45) is 4.99 Å². The molecule has 0 amide bonds. The standard InChI is InChI=1S/C21H19NO5S/c1-3-27-16-10-6-14(7-11-16)22-20-18(21(25)26-2)19(24)17(28-20)12-13-4-8-15(23)9-5-13/h4-12,23-24H,3H2,1-2H3. The van der Waals surface area contributed by atoms with E-state index in [4.69, 9.17) is 9.47 Å². The normalized spacial score (nSPS) is 16.6. The fraction of sp³-hybridized carbons (Fsp3) is 0.143. The minimum Gasteiger partial charge on any atom is -0.508 e. The summed E-state index contributed by atoms with van der Waals surface area (Å²) < 4.78 is 10.2. The smallest absolute Gasteiger partial charge is 0.344 e. The fourth-order valence-electron chi connectivity index (χ4n) is 2.51. The summed E-state index contributed by atoms with van der Waals surface area (Å²) >= 11 is 1.17. The number of ether oxygens (including phenoxy) is 2. The van der Waals surface area contributed by atoms with Crippen LogP contribution >= 0.6 is 11.8 Å². The lowest BCUT2D eigenvalue weighted by atomic mass is 10.1. The number of phenols is 1. The number of esters is 1. The highest BCUT2D eigenvalue weighted by Crippen LogP contribution is 2.40. The number of nitrogens with zero attached hydrogens (tertiary/aromatic N) is 1. The largest absolute Gasteiger partial charge is 0.508 e. The van der Waals surface area contributed by atoms with Gasteiger partial charge in [0.1, 0.15) is 27.9 Å². The van der Waals surface area contributed by atoms with Gasteiger partial charge in [0.15, 0.2) is 0 Å². The zero-order valence-electron chi connectivity index (χ0n) is 15.4. The Morgan fingerprint density at radius 1 is 1.11 bits per heavy atom. The number of methoxy groups -OCH3 is 1. The Morgan fingerprint density at radius 3 is 2.39 bits per heavy atom. The van der Waals surface area contributed by atoms with Crippen molar-refractivity contribution in [2.45, 2.75) is 6.92 Å². The van der Waals surface area contributed by atoms with Crippen molar-refractivity contribution in [3.05, 3.63) is 70.3 Å². The van der Waals surface area contributed by atoms with Gasteiger partial charge in [0.2, 0.25) is 0 Å². The van der Waals surface area contributed by atoms with E-state index in [2.05, 4.69) is 4.99 Å². The monoisotopic (exact) mass is 397 g/mol. The number of hydrogen-bond donors (Lipinski definition) is 2. The second-order valence-corrected chi connectivity index (χ2v) is 6.79. The van der Waals surface area contributed by atoms with E-state index < -0.39 is 5.97 Å². The summed E-state index contributed by atoms with van der Waals surface area (Å²) in [5.74, 6) is 0.0254. The minimum absolute atomic E-state index is 0.0198. The molecule has 2 aromatic rings.